The molecule has 0 bridgehead atoms. The van der Waals surface area contributed by atoms with E-state index in [9.17, 15) is 19.1 Å². The van der Waals surface area contributed by atoms with Crippen molar-refractivity contribution >= 4 is 28.8 Å². The van der Waals surface area contributed by atoms with E-state index < -0.39 is 11.8 Å². The predicted molar refractivity (Wildman–Crippen MR) is 145 cm³/mol. The molecule has 2 N–H and O–H groups in total. The predicted octanol–water partition coefficient (Wildman–Crippen LogP) is 2.58. The quantitative estimate of drug-likeness (QED) is 0.500. The lowest BCUT2D eigenvalue weighted by Crippen LogP contribution is -2.50. The molecule has 10 nitrogen and oxygen atoms in total. The largest absolute Gasteiger partial charge is 0.387 e. The van der Waals surface area contributed by atoms with Crippen molar-refractivity contribution in [3.05, 3.63) is 53.5 Å². The van der Waals surface area contributed by atoms with Crippen molar-refractivity contribution in [3.63, 3.8) is 0 Å². The van der Waals surface area contributed by atoms with E-state index in [4.69, 9.17) is 0 Å². The number of hydrogen-bond donors (Lipinski definition) is 2. The molecular formula is C28H34FN7O3. The van der Waals surface area contributed by atoms with Gasteiger partial charge in [-0.3, -0.25) is 14.5 Å². The van der Waals surface area contributed by atoms with E-state index in [1.807, 2.05) is 12.1 Å². The number of nitrogens with one attached hydrogen (secondary N) is 1. The molecule has 2 amide bonds. The molecule has 5 heterocycles. The number of nitrogens with zero attached hydrogens (tertiary/aromatic N) is 6. The molecule has 1 aromatic carbocycles. The van der Waals surface area contributed by atoms with Crippen molar-refractivity contribution in [2.45, 2.75) is 51.6 Å². The first-order chi connectivity index (χ1) is 18.6. The number of amides is 2. The summed E-state index contributed by atoms with van der Waals surface area (Å²) in [6.07, 6.45) is 4.36. The van der Waals surface area contributed by atoms with Gasteiger partial charge in [0, 0.05) is 56.7 Å². The molecule has 0 unspecified atom stereocenters. The van der Waals surface area contributed by atoms with Crippen LogP contribution < -0.4 is 10.2 Å². The van der Waals surface area contributed by atoms with Crippen LogP contribution in [0.25, 0.3) is 5.65 Å². The van der Waals surface area contributed by atoms with Gasteiger partial charge >= 0.3 is 0 Å². The maximum atomic E-state index is 14.7. The smallest absolute Gasteiger partial charge is 0.261 e. The fourth-order valence-electron chi connectivity index (χ4n) is 6.03. The number of aromatic nitrogens is 3. The second-order valence-electron chi connectivity index (χ2n) is 11.7. The third-order valence-corrected chi connectivity index (χ3v) is 8.19. The summed E-state index contributed by atoms with van der Waals surface area (Å²) >= 11 is 0. The normalized spacial score (nSPS) is 22.3. The standard InChI is InChI=1S/C28H34FN7O3/c1-17-9-19-15-34(8-7-33(19)13-17)23-11-20-18(14-35(27(20)38)16-24(29)28(2,3)39)10-22(23)32-26(37)21-12-31-36-6-4-5-30-25(21)36/h4-6,10-12,17,19,24,39H,7-9,13-16H2,1-3H3,(H,32,37)/t17-,19+,24+/m0/s1. The van der Waals surface area contributed by atoms with E-state index in [1.165, 1.54) is 24.9 Å². The number of rotatable bonds is 6. The number of alkyl halides is 1. The zero-order valence-corrected chi connectivity index (χ0v) is 22.5. The average Bonchev–Trinajstić information content (AvgIpc) is 3.57. The number of piperazine rings is 1. The first-order valence-corrected chi connectivity index (χ1v) is 13.5. The molecule has 3 aromatic rings. The second-order valence-corrected chi connectivity index (χ2v) is 11.7. The van der Waals surface area contributed by atoms with Gasteiger partial charge in [0.15, 0.2) is 5.65 Å². The molecule has 0 saturated carbocycles. The van der Waals surface area contributed by atoms with Crippen LogP contribution in [0.3, 0.4) is 0 Å². The minimum absolute atomic E-state index is 0.208. The molecule has 11 heteroatoms. The van der Waals surface area contributed by atoms with Crippen LogP contribution >= 0.6 is 0 Å². The maximum Gasteiger partial charge on any atom is 0.261 e. The lowest BCUT2D eigenvalue weighted by atomic mass is 10.0. The van der Waals surface area contributed by atoms with E-state index in [0.717, 1.165) is 38.3 Å². The van der Waals surface area contributed by atoms with Crippen molar-refractivity contribution < 1.29 is 19.1 Å². The van der Waals surface area contributed by atoms with Gasteiger partial charge in [-0.05, 0) is 49.9 Å². The van der Waals surface area contributed by atoms with Gasteiger partial charge in [-0.25, -0.2) is 13.9 Å². The molecule has 3 aliphatic rings. The highest BCUT2D eigenvalue weighted by molar-refractivity contribution is 6.10. The molecule has 0 aliphatic carbocycles. The summed E-state index contributed by atoms with van der Waals surface area (Å²) < 4.78 is 16.2. The number of benzene rings is 1. The molecule has 3 aliphatic heterocycles. The van der Waals surface area contributed by atoms with E-state index >= 15 is 0 Å². The highest BCUT2D eigenvalue weighted by Crippen LogP contribution is 2.37. The van der Waals surface area contributed by atoms with Crippen LogP contribution in [-0.2, 0) is 6.54 Å². The van der Waals surface area contributed by atoms with Gasteiger partial charge < -0.3 is 20.2 Å². The summed E-state index contributed by atoms with van der Waals surface area (Å²) in [5.41, 5.74) is 1.84. The zero-order chi connectivity index (χ0) is 27.5. The minimum atomic E-state index is -1.59. The summed E-state index contributed by atoms with van der Waals surface area (Å²) in [5, 5.41) is 17.4. The van der Waals surface area contributed by atoms with Gasteiger partial charge in [0.2, 0.25) is 0 Å². The Labute approximate surface area is 226 Å². The number of halogens is 1. The van der Waals surface area contributed by atoms with Crippen LogP contribution in [0.4, 0.5) is 15.8 Å². The Morgan fingerprint density at radius 2 is 2.10 bits per heavy atom. The van der Waals surface area contributed by atoms with Crippen molar-refractivity contribution in [1.82, 2.24) is 24.4 Å². The fourth-order valence-corrected chi connectivity index (χ4v) is 6.03. The van der Waals surface area contributed by atoms with Gasteiger partial charge in [0.1, 0.15) is 11.7 Å². The highest BCUT2D eigenvalue weighted by Gasteiger charge is 2.38. The Balaban J connectivity index is 1.33. The third-order valence-electron chi connectivity index (χ3n) is 8.19. The van der Waals surface area contributed by atoms with Crippen molar-refractivity contribution in [2.75, 3.05) is 42.9 Å². The summed E-state index contributed by atoms with van der Waals surface area (Å²) in [6, 6.07) is 5.83. The molecular weight excluding hydrogens is 501 g/mol. The van der Waals surface area contributed by atoms with Crippen LogP contribution in [0, 0.1) is 5.92 Å². The Hall–Kier alpha value is -3.57. The molecule has 39 heavy (non-hydrogen) atoms. The van der Waals surface area contributed by atoms with Crippen LogP contribution in [0.2, 0.25) is 0 Å². The minimum Gasteiger partial charge on any atom is -0.387 e. The highest BCUT2D eigenvalue weighted by atomic mass is 19.1. The Kier molecular flexibility index (Phi) is 6.30. The van der Waals surface area contributed by atoms with E-state index in [0.29, 0.717) is 40.0 Å². The topological polar surface area (TPSA) is 106 Å². The first-order valence-electron chi connectivity index (χ1n) is 13.5. The zero-order valence-electron chi connectivity index (χ0n) is 22.5. The number of anilines is 2. The van der Waals surface area contributed by atoms with Crippen LogP contribution in [-0.4, -0.2) is 91.9 Å². The van der Waals surface area contributed by atoms with E-state index in [1.54, 1.807) is 23.0 Å². The molecule has 0 radical (unpaired) electrons. The number of carbonyl (C=O) groups excluding carboxylic acids is 2. The molecule has 0 spiro atoms. The summed E-state index contributed by atoms with van der Waals surface area (Å²) in [6.45, 7) is 8.64. The molecule has 6 rings (SSSR count). The molecule has 2 aromatic heterocycles. The van der Waals surface area contributed by atoms with Crippen LogP contribution in [0.5, 0.6) is 0 Å². The monoisotopic (exact) mass is 535 g/mol. The number of hydrogen-bond acceptors (Lipinski definition) is 7. The SMILES string of the molecule is C[C@H]1C[C@@H]2CN(c3cc4c(cc3NC(=O)c3cnn5cccnc35)CN(C[C@@H](F)C(C)(C)O)C4=O)CCN2C1. The Bertz CT molecular complexity index is 1430. The number of carbonyl (C=O) groups is 2. The maximum absolute atomic E-state index is 14.7. The number of aliphatic hydroxyl groups is 1. The molecule has 2 fully saturated rings. The van der Waals surface area contributed by atoms with Gasteiger partial charge in [0.05, 0.1) is 29.7 Å². The molecule has 3 atom stereocenters. The van der Waals surface area contributed by atoms with Crippen LogP contribution in [0.1, 0.15) is 53.5 Å². The van der Waals surface area contributed by atoms with Crippen molar-refractivity contribution in [3.8, 4) is 0 Å². The second kappa shape index (κ2) is 9.56. The summed E-state index contributed by atoms with van der Waals surface area (Å²) in [5.74, 6) is 0.0258. The molecule has 2 saturated heterocycles. The van der Waals surface area contributed by atoms with Gasteiger partial charge in [-0.15, -0.1) is 0 Å². The van der Waals surface area contributed by atoms with Gasteiger partial charge in [0.25, 0.3) is 11.8 Å². The van der Waals surface area contributed by atoms with Gasteiger partial charge in [-0.1, -0.05) is 6.92 Å². The van der Waals surface area contributed by atoms with Gasteiger partial charge in [-0.2, -0.15) is 5.10 Å². The van der Waals surface area contributed by atoms with Crippen molar-refractivity contribution in [2.24, 2.45) is 5.92 Å². The Morgan fingerprint density at radius 1 is 1.28 bits per heavy atom. The lowest BCUT2D eigenvalue weighted by molar-refractivity contribution is -0.0159. The number of fused-ring (bicyclic) bond motifs is 3. The lowest BCUT2D eigenvalue weighted by Gasteiger charge is -2.39. The molecule has 206 valence electrons. The first kappa shape index (κ1) is 25.7. The van der Waals surface area contributed by atoms with Crippen molar-refractivity contribution in [1.29, 1.82) is 0 Å². The summed E-state index contributed by atoms with van der Waals surface area (Å²) in [7, 11) is 0. The Morgan fingerprint density at radius 3 is 2.90 bits per heavy atom. The van der Waals surface area contributed by atoms with Crippen LogP contribution in [0.15, 0.2) is 36.8 Å². The average molecular weight is 536 g/mol. The van der Waals surface area contributed by atoms with E-state index in [2.05, 4.69) is 32.1 Å². The van der Waals surface area contributed by atoms with E-state index in [-0.39, 0.29) is 24.9 Å². The fraction of sp³-hybridized carbons (Fsp3) is 0.500. The summed E-state index contributed by atoms with van der Waals surface area (Å²) in [4.78, 5) is 37.3. The third kappa shape index (κ3) is 4.74.